The molecule has 0 bridgehead atoms. The van der Waals surface area contributed by atoms with Gasteiger partial charge in [-0.05, 0) is 12.1 Å². The Morgan fingerprint density at radius 3 is 1.96 bits per heavy atom. The van der Waals surface area contributed by atoms with Crippen LogP contribution in [0.25, 0.3) is 0 Å². The van der Waals surface area contributed by atoms with Gasteiger partial charge in [-0.2, -0.15) is 0 Å². The molecule has 0 aliphatic carbocycles. The molecule has 0 aliphatic heterocycles. The van der Waals surface area contributed by atoms with Gasteiger partial charge in [0.15, 0.2) is 5.82 Å². The molecule has 140 valence electrons. The molecular formula is C17H19N7O3. The highest BCUT2D eigenvalue weighted by molar-refractivity contribution is 6.06. The third kappa shape index (κ3) is 3.59. The number of carbonyl (C=O) groups excluding carboxylic acids is 3. The Morgan fingerprint density at radius 1 is 0.889 bits per heavy atom. The Kier molecular flexibility index (Phi) is 4.55. The first-order valence-corrected chi connectivity index (χ1v) is 7.99. The van der Waals surface area contributed by atoms with Crippen LogP contribution in [-0.2, 0) is 21.1 Å². The van der Waals surface area contributed by atoms with Gasteiger partial charge in [0, 0.05) is 45.9 Å². The van der Waals surface area contributed by atoms with Crippen molar-refractivity contribution in [3.63, 3.8) is 0 Å². The van der Waals surface area contributed by atoms with E-state index in [0.29, 0.717) is 17.1 Å². The fraction of sp³-hybridized carbons (Fsp3) is 0.176. The monoisotopic (exact) mass is 369 g/mol. The molecule has 0 saturated heterocycles. The van der Waals surface area contributed by atoms with Crippen LogP contribution in [0, 0.1) is 0 Å². The number of rotatable bonds is 5. The molecule has 3 aromatic heterocycles. The van der Waals surface area contributed by atoms with Gasteiger partial charge in [-0.25, -0.2) is 4.98 Å². The number of anilines is 2. The molecule has 0 fully saturated rings. The van der Waals surface area contributed by atoms with E-state index in [9.17, 15) is 14.4 Å². The predicted octanol–water partition coefficient (Wildman–Crippen LogP) is 0.701. The van der Waals surface area contributed by atoms with Gasteiger partial charge in [0.1, 0.15) is 11.4 Å². The Morgan fingerprint density at radius 2 is 1.44 bits per heavy atom. The molecule has 3 aromatic rings. The summed E-state index contributed by atoms with van der Waals surface area (Å²) in [5.74, 6) is -1.10. The maximum Gasteiger partial charge on any atom is 0.291 e. The van der Waals surface area contributed by atoms with Crippen LogP contribution in [0.1, 0.15) is 31.6 Å². The quantitative estimate of drug-likeness (QED) is 0.611. The zero-order valence-electron chi connectivity index (χ0n) is 15.1. The van der Waals surface area contributed by atoms with Crippen LogP contribution in [0.3, 0.4) is 0 Å². The van der Waals surface area contributed by atoms with Crippen molar-refractivity contribution in [2.24, 2.45) is 26.9 Å². The number of aromatic nitrogens is 4. The van der Waals surface area contributed by atoms with E-state index < -0.39 is 11.8 Å². The lowest BCUT2D eigenvalue weighted by atomic mass is 10.3. The topological polar surface area (TPSA) is 129 Å². The van der Waals surface area contributed by atoms with Crippen molar-refractivity contribution in [1.82, 2.24) is 18.7 Å². The lowest BCUT2D eigenvalue weighted by molar-refractivity contribution is 0.0988. The number of imidazole rings is 1. The molecule has 27 heavy (non-hydrogen) atoms. The zero-order valence-corrected chi connectivity index (χ0v) is 15.1. The number of primary amides is 1. The predicted molar refractivity (Wildman–Crippen MR) is 98.5 cm³/mol. The Labute approximate surface area is 154 Å². The van der Waals surface area contributed by atoms with Crippen molar-refractivity contribution in [1.29, 1.82) is 0 Å². The SMILES string of the molecule is Cn1cc(NC(=O)c2cc(NC(=O)c3nccn3C)cn2C)cc1C(N)=O. The first kappa shape index (κ1) is 18.0. The largest absolute Gasteiger partial charge is 0.364 e. The van der Waals surface area contributed by atoms with Crippen molar-refractivity contribution in [3.05, 3.63) is 54.1 Å². The van der Waals surface area contributed by atoms with Gasteiger partial charge < -0.3 is 30.1 Å². The van der Waals surface area contributed by atoms with Crippen LogP contribution in [0.5, 0.6) is 0 Å². The van der Waals surface area contributed by atoms with Crippen molar-refractivity contribution < 1.29 is 14.4 Å². The number of nitrogens with one attached hydrogen (secondary N) is 2. The van der Waals surface area contributed by atoms with E-state index in [1.54, 1.807) is 54.9 Å². The third-order valence-electron chi connectivity index (χ3n) is 4.03. The number of amides is 3. The molecule has 0 radical (unpaired) electrons. The van der Waals surface area contributed by atoms with Crippen LogP contribution < -0.4 is 16.4 Å². The Balaban J connectivity index is 1.75. The van der Waals surface area contributed by atoms with Crippen molar-refractivity contribution in [2.45, 2.75) is 0 Å². The minimum absolute atomic E-state index is 0.258. The summed E-state index contributed by atoms with van der Waals surface area (Å²) in [6, 6.07) is 3.04. The minimum atomic E-state index is -0.587. The second-order valence-electron chi connectivity index (χ2n) is 6.08. The van der Waals surface area contributed by atoms with E-state index in [0.717, 1.165) is 0 Å². The van der Waals surface area contributed by atoms with Crippen LogP contribution in [0.2, 0.25) is 0 Å². The highest BCUT2D eigenvalue weighted by Crippen LogP contribution is 2.17. The minimum Gasteiger partial charge on any atom is -0.364 e. The van der Waals surface area contributed by atoms with Gasteiger partial charge in [0.05, 0.1) is 11.4 Å². The van der Waals surface area contributed by atoms with E-state index in [4.69, 9.17) is 5.73 Å². The molecule has 3 heterocycles. The molecule has 0 saturated carbocycles. The maximum absolute atomic E-state index is 12.5. The lowest BCUT2D eigenvalue weighted by Gasteiger charge is -2.03. The zero-order chi connectivity index (χ0) is 19.7. The van der Waals surface area contributed by atoms with E-state index >= 15 is 0 Å². The number of nitrogens with zero attached hydrogens (tertiary/aromatic N) is 4. The molecule has 10 nitrogen and oxygen atoms in total. The lowest BCUT2D eigenvalue weighted by Crippen LogP contribution is -2.16. The van der Waals surface area contributed by atoms with Crippen molar-refractivity contribution in [3.8, 4) is 0 Å². The van der Waals surface area contributed by atoms with Crippen LogP contribution in [-0.4, -0.2) is 36.4 Å². The normalized spacial score (nSPS) is 10.6. The first-order valence-electron chi connectivity index (χ1n) is 7.99. The van der Waals surface area contributed by atoms with Gasteiger partial charge >= 0.3 is 0 Å². The maximum atomic E-state index is 12.5. The Hall–Kier alpha value is -3.82. The summed E-state index contributed by atoms with van der Waals surface area (Å²) in [5, 5.41) is 5.41. The van der Waals surface area contributed by atoms with E-state index in [2.05, 4.69) is 15.6 Å². The summed E-state index contributed by atoms with van der Waals surface area (Å²) in [6.07, 6.45) is 6.40. The van der Waals surface area contributed by atoms with Crippen LogP contribution >= 0.6 is 0 Å². The number of nitrogens with two attached hydrogens (primary N) is 1. The van der Waals surface area contributed by atoms with Crippen LogP contribution in [0.4, 0.5) is 11.4 Å². The van der Waals surface area contributed by atoms with Gasteiger partial charge in [-0.1, -0.05) is 0 Å². The molecule has 3 amide bonds. The molecule has 3 rings (SSSR count). The molecule has 10 heteroatoms. The second-order valence-corrected chi connectivity index (χ2v) is 6.08. The molecule has 0 aromatic carbocycles. The summed E-state index contributed by atoms with van der Waals surface area (Å²) in [5.41, 5.74) is 6.78. The van der Waals surface area contributed by atoms with Gasteiger partial charge in [-0.15, -0.1) is 0 Å². The second kappa shape index (κ2) is 6.83. The standard InChI is InChI=1S/C17H19N7O3/c1-22-5-4-19-15(22)17(27)21-11-7-13(24(3)9-11)16(26)20-10-6-12(14(18)25)23(2)8-10/h4-9H,1-3H3,(H2,18,25)(H,20,26)(H,21,27). The average Bonchev–Trinajstić information content (AvgIpc) is 3.26. The summed E-state index contributed by atoms with van der Waals surface area (Å²) in [4.78, 5) is 40.0. The molecule has 4 N–H and O–H groups in total. The smallest absolute Gasteiger partial charge is 0.291 e. The summed E-state index contributed by atoms with van der Waals surface area (Å²) < 4.78 is 4.71. The fourth-order valence-electron chi connectivity index (χ4n) is 2.70. The van der Waals surface area contributed by atoms with Crippen molar-refractivity contribution >= 4 is 29.1 Å². The summed E-state index contributed by atoms with van der Waals surface area (Å²) in [7, 11) is 5.06. The number of hydrogen-bond acceptors (Lipinski definition) is 4. The van der Waals surface area contributed by atoms with Crippen LogP contribution in [0.15, 0.2) is 36.9 Å². The third-order valence-corrected chi connectivity index (χ3v) is 4.03. The fourth-order valence-corrected chi connectivity index (χ4v) is 2.70. The van der Waals surface area contributed by atoms with E-state index in [1.165, 1.54) is 16.8 Å². The highest BCUT2D eigenvalue weighted by Gasteiger charge is 2.17. The summed E-state index contributed by atoms with van der Waals surface area (Å²) >= 11 is 0. The van der Waals surface area contributed by atoms with Crippen molar-refractivity contribution in [2.75, 3.05) is 10.6 Å². The van der Waals surface area contributed by atoms with Gasteiger partial charge in [-0.3, -0.25) is 14.4 Å². The van der Waals surface area contributed by atoms with E-state index in [-0.39, 0.29) is 17.4 Å². The molecule has 0 unspecified atom stereocenters. The molecule has 0 aliphatic rings. The van der Waals surface area contributed by atoms with Gasteiger partial charge in [0.2, 0.25) is 0 Å². The average molecular weight is 369 g/mol. The molecule has 0 spiro atoms. The highest BCUT2D eigenvalue weighted by atomic mass is 16.2. The van der Waals surface area contributed by atoms with Gasteiger partial charge in [0.25, 0.3) is 17.7 Å². The Bertz CT molecular complexity index is 1040. The molecule has 0 atom stereocenters. The number of aryl methyl sites for hydroxylation is 3. The summed E-state index contributed by atoms with van der Waals surface area (Å²) in [6.45, 7) is 0. The van der Waals surface area contributed by atoms with E-state index in [1.807, 2.05) is 0 Å². The number of hydrogen-bond donors (Lipinski definition) is 3. The molecular weight excluding hydrogens is 350 g/mol. The number of carbonyl (C=O) groups is 3. The first-order chi connectivity index (χ1) is 12.8.